The molecule has 0 aromatic heterocycles. The van der Waals surface area contributed by atoms with Crippen molar-refractivity contribution in [2.75, 3.05) is 46.0 Å². The zero-order chi connectivity index (χ0) is 22.4. The van der Waals surface area contributed by atoms with Gasteiger partial charge in [-0.2, -0.15) is 4.31 Å². The topological polar surface area (TPSA) is 76.2 Å². The second-order valence-electron chi connectivity index (χ2n) is 7.51. The van der Waals surface area contributed by atoms with E-state index in [1.165, 1.54) is 4.31 Å². The number of carbonyl (C=O) groups excluding carboxylic acids is 1. The molecule has 2 aromatic carbocycles. The number of aryl methyl sites for hydroxylation is 2. The first-order valence-electron chi connectivity index (χ1n) is 10.5. The quantitative estimate of drug-likeness (QED) is 0.583. The third-order valence-corrected chi connectivity index (χ3v) is 7.34. The van der Waals surface area contributed by atoms with Gasteiger partial charge < -0.3 is 14.4 Å². The molecule has 1 aliphatic rings. The van der Waals surface area contributed by atoms with E-state index < -0.39 is 10.0 Å². The van der Waals surface area contributed by atoms with Crippen molar-refractivity contribution in [1.82, 2.24) is 9.21 Å². The van der Waals surface area contributed by atoms with Crippen LogP contribution in [0.2, 0.25) is 0 Å². The van der Waals surface area contributed by atoms with Gasteiger partial charge in [0.2, 0.25) is 10.0 Å². The van der Waals surface area contributed by atoms with Gasteiger partial charge in [0.1, 0.15) is 12.4 Å². The lowest BCUT2D eigenvalue weighted by Crippen LogP contribution is -2.50. The summed E-state index contributed by atoms with van der Waals surface area (Å²) in [6.07, 6.45) is 0. The van der Waals surface area contributed by atoms with Crippen molar-refractivity contribution in [3.8, 4) is 5.75 Å². The summed E-state index contributed by atoms with van der Waals surface area (Å²) in [7, 11) is -3.59. The Balaban J connectivity index is 1.66. The maximum Gasteiger partial charge on any atom is 0.257 e. The summed E-state index contributed by atoms with van der Waals surface area (Å²) < 4.78 is 38.6. The normalized spacial score (nSPS) is 15.1. The summed E-state index contributed by atoms with van der Waals surface area (Å²) in [5.74, 6) is 0.355. The van der Waals surface area contributed by atoms with E-state index >= 15 is 0 Å². The first-order chi connectivity index (χ1) is 14.8. The van der Waals surface area contributed by atoms with Crippen LogP contribution in [0.5, 0.6) is 5.75 Å². The molecule has 168 valence electrons. The second kappa shape index (κ2) is 10.3. The van der Waals surface area contributed by atoms with Gasteiger partial charge in [-0.15, -0.1) is 0 Å². The molecule has 31 heavy (non-hydrogen) atoms. The highest BCUT2D eigenvalue weighted by Crippen LogP contribution is 2.24. The number of nitrogens with zero attached hydrogens (tertiary/aromatic N) is 2. The highest BCUT2D eigenvalue weighted by molar-refractivity contribution is 7.89. The Hall–Kier alpha value is -2.42. The van der Waals surface area contributed by atoms with Gasteiger partial charge in [-0.05, 0) is 44.5 Å². The molecule has 0 atom stereocenters. The lowest BCUT2D eigenvalue weighted by molar-refractivity contribution is 0.0688. The van der Waals surface area contributed by atoms with Crippen molar-refractivity contribution in [1.29, 1.82) is 0 Å². The van der Waals surface area contributed by atoms with Gasteiger partial charge in [-0.1, -0.05) is 29.8 Å². The molecular weight excluding hydrogens is 416 g/mol. The Morgan fingerprint density at radius 3 is 2.39 bits per heavy atom. The number of benzene rings is 2. The van der Waals surface area contributed by atoms with Crippen LogP contribution < -0.4 is 4.74 Å². The highest BCUT2D eigenvalue weighted by atomic mass is 32.2. The number of rotatable bonds is 8. The fourth-order valence-corrected chi connectivity index (χ4v) is 5.28. The summed E-state index contributed by atoms with van der Waals surface area (Å²) >= 11 is 0. The maximum atomic E-state index is 13.1. The van der Waals surface area contributed by atoms with Crippen LogP contribution in [0.15, 0.2) is 47.4 Å². The van der Waals surface area contributed by atoms with Crippen LogP contribution in [0.25, 0.3) is 0 Å². The monoisotopic (exact) mass is 446 g/mol. The fraction of sp³-hybridized carbons (Fsp3) is 0.435. The van der Waals surface area contributed by atoms with Gasteiger partial charge in [-0.3, -0.25) is 4.79 Å². The van der Waals surface area contributed by atoms with Crippen molar-refractivity contribution in [2.24, 2.45) is 0 Å². The molecule has 8 heteroatoms. The first-order valence-corrected chi connectivity index (χ1v) is 11.9. The van der Waals surface area contributed by atoms with E-state index in [4.69, 9.17) is 9.47 Å². The van der Waals surface area contributed by atoms with Crippen LogP contribution >= 0.6 is 0 Å². The first kappa shape index (κ1) is 23.2. The van der Waals surface area contributed by atoms with E-state index in [1.54, 1.807) is 29.2 Å². The van der Waals surface area contributed by atoms with Gasteiger partial charge >= 0.3 is 0 Å². The summed E-state index contributed by atoms with van der Waals surface area (Å²) in [4.78, 5) is 15.1. The summed E-state index contributed by atoms with van der Waals surface area (Å²) in [5, 5.41) is 0. The van der Waals surface area contributed by atoms with Gasteiger partial charge in [0.15, 0.2) is 0 Å². The lowest BCUT2D eigenvalue weighted by Gasteiger charge is -2.34. The lowest BCUT2D eigenvalue weighted by atomic mass is 10.1. The summed E-state index contributed by atoms with van der Waals surface area (Å²) in [6.45, 7) is 8.26. The highest BCUT2D eigenvalue weighted by Gasteiger charge is 2.32. The average molecular weight is 447 g/mol. The Morgan fingerprint density at radius 1 is 1.00 bits per heavy atom. The van der Waals surface area contributed by atoms with E-state index in [-0.39, 0.29) is 19.0 Å². The smallest absolute Gasteiger partial charge is 0.257 e. The minimum atomic E-state index is -3.59. The number of hydrogen-bond acceptors (Lipinski definition) is 5. The Kier molecular flexibility index (Phi) is 7.69. The van der Waals surface area contributed by atoms with Gasteiger partial charge in [0, 0.05) is 32.8 Å². The van der Waals surface area contributed by atoms with Crippen LogP contribution in [-0.4, -0.2) is 69.5 Å². The maximum absolute atomic E-state index is 13.1. The molecule has 2 aromatic rings. The van der Waals surface area contributed by atoms with Gasteiger partial charge in [-0.25, -0.2) is 8.42 Å². The Morgan fingerprint density at radius 2 is 1.71 bits per heavy atom. The molecule has 0 saturated carbocycles. The predicted molar refractivity (Wildman–Crippen MR) is 119 cm³/mol. The number of carbonyl (C=O) groups is 1. The number of sulfonamides is 1. The average Bonchev–Trinajstić information content (AvgIpc) is 2.76. The van der Waals surface area contributed by atoms with E-state index in [9.17, 15) is 13.2 Å². The molecule has 1 fully saturated rings. The van der Waals surface area contributed by atoms with Crippen molar-refractivity contribution >= 4 is 15.9 Å². The minimum absolute atomic E-state index is 0.157. The van der Waals surface area contributed by atoms with Crippen molar-refractivity contribution in [3.05, 3.63) is 59.2 Å². The molecule has 0 N–H and O–H groups in total. The van der Waals surface area contributed by atoms with Crippen LogP contribution in [0, 0.1) is 13.8 Å². The zero-order valence-electron chi connectivity index (χ0n) is 18.3. The Bertz CT molecular complexity index is 1010. The molecule has 3 rings (SSSR count). The second-order valence-corrected chi connectivity index (χ2v) is 9.41. The van der Waals surface area contributed by atoms with Crippen LogP contribution in [-0.2, 0) is 14.8 Å². The van der Waals surface area contributed by atoms with E-state index in [1.807, 2.05) is 39.0 Å². The summed E-state index contributed by atoms with van der Waals surface area (Å²) in [6, 6.07) is 12.5. The molecule has 0 bridgehead atoms. The van der Waals surface area contributed by atoms with E-state index in [0.717, 1.165) is 11.1 Å². The van der Waals surface area contributed by atoms with Crippen molar-refractivity contribution in [2.45, 2.75) is 25.7 Å². The van der Waals surface area contributed by atoms with Gasteiger partial charge in [0.05, 0.1) is 17.1 Å². The predicted octanol–water partition coefficient (Wildman–Crippen LogP) is 2.87. The van der Waals surface area contributed by atoms with E-state index in [2.05, 4.69) is 0 Å². The number of amides is 1. The number of ether oxygens (including phenoxy) is 2. The molecule has 1 amide bonds. The van der Waals surface area contributed by atoms with Crippen molar-refractivity contribution < 1.29 is 22.7 Å². The SMILES string of the molecule is CCOCCOc1ccccc1C(=O)N1CCN(S(=O)(=O)c2ccc(C)cc2C)CC1. The Labute approximate surface area is 184 Å². The fourth-order valence-electron chi connectivity index (χ4n) is 3.65. The summed E-state index contributed by atoms with van der Waals surface area (Å²) in [5.41, 5.74) is 2.23. The van der Waals surface area contributed by atoms with Crippen molar-refractivity contribution in [3.63, 3.8) is 0 Å². The molecule has 0 aliphatic carbocycles. The minimum Gasteiger partial charge on any atom is -0.490 e. The van der Waals surface area contributed by atoms with Crippen LogP contribution in [0.4, 0.5) is 0 Å². The van der Waals surface area contributed by atoms with Crippen LogP contribution in [0.1, 0.15) is 28.4 Å². The third-order valence-electron chi connectivity index (χ3n) is 5.28. The number of piperazine rings is 1. The van der Waals surface area contributed by atoms with Gasteiger partial charge in [0.25, 0.3) is 5.91 Å². The molecule has 1 saturated heterocycles. The molecule has 0 spiro atoms. The largest absolute Gasteiger partial charge is 0.490 e. The van der Waals surface area contributed by atoms with Crippen LogP contribution in [0.3, 0.4) is 0 Å². The molecular formula is C23H30N2O5S. The molecule has 0 radical (unpaired) electrons. The molecule has 7 nitrogen and oxygen atoms in total. The zero-order valence-corrected chi connectivity index (χ0v) is 19.2. The van der Waals surface area contributed by atoms with E-state index in [0.29, 0.717) is 49.1 Å². The molecule has 1 aliphatic heterocycles. The number of para-hydroxylation sites is 1. The number of hydrogen-bond donors (Lipinski definition) is 0. The third kappa shape index (κ3) is 5.44. The molecule has 1 heterocycles. The standard InChI is InChI=1S/C23H30N2O5S/c1-4-29-15-16-30-21-8-6-5-7-20(21)23(26)24-11-13-25(14-12-24)31(27,28)22-10-9-18(2)17-19(22)3/h5-10,17H,4,11-16H2,1-3H3. The molecule has 0 unspecified atom stereocenters.